The average Bonchev–Trinajstić information content (AvgIpc) is 2.75. The first-order valence-electron chi connectivity index (χ1n) is 9.11. The van der Waals surface area contributed by atoms with E-state index in [4.69, 9.17) is 5.73 Å². The molecule has 0 bridgehead atoms. The summed E-state index contributed by atoms with van der Waals surface area (Å²) in [6, 6.07) is 22.3. The molecular weight excluding hydrogens is 428 g/mol. The van der Waals surface area contributed by atoms with E-state index in [1.54, 1.807) is 30.3 Å². The van der Waals surface area contributed by atoms with Crippen LogP contribution in [0.3, 0.4) is 0 Å². The van der Waals surface area contributed by atoms with Gasteiger partial charge in [0.05, 0.1) is 16.9 Å². The number of carbonyl (C=O) groups is 2. The molecule has 0 saturated heterocycles. The maximum Gasteiger partial charge on any atom is 0.196 e. The Morgan fingerprint density at radius 1 is 0.759 bits per heavy atom. The van der Waals surface area contributed by atoms with Crippen molar-refractivity contribution in [1.29, 1.82) is 0 Å². The third kappa shape index (κ3) is 2.66. The highest BCUT2D eigenvalue weighted by Gasteiger charge is 2.33. The first-order chi connectivity index (χ1) is 14.1. The molecule has 4 aromatic carbocycles. The molecule has 0 unspecified atom stereocenters. The predicted molar refractivity (Wildman–Crippen MR) is 119 cm³/mol. The molecule has 0 amide bonds. The number of fused-ring (bicyclic) bond motifs is 3. The normalized spacial score (nSPS) is 12.6. The number of nitrogens with two attached hydrogens (primary N) is 1. The van der Waals surface area contributed by atoms with Crippen molar-refractivity contribution in [3.8, 4) is 0 Å². The summed E-state index contributed by atoms with van der Waals surface area (Å²) in [6.07, 6.45) is 0. The zero-order chi connectivity index (χ0) is 20.1. The fraction of sp³-hybridized carbons (Fsp3) is 0. The minimum Gasteiger partial charge on any atom is -0.396 e. The second kappa shape index (κ2) is 6.57. The van der Waals surface area contributed by atoms with Crippen molar-refractivity contribution < 1.29 is 9.59 Å². The average molecular weight is 443 g/mol. The molecule has 0 saturated carbocycles. The van der Waals surface area contributed by atoms with Gasteiger partial charge in [-0.2, -0.15) is 0 Å². The van der Waals surface area contributed by atoms with Gasteiger partial charge in [-0.25, -0.2) is 0 Å². The van der Waals surface area contributed by atoms with Crippen LogP contribution in [-0.4, -0.2) is 11.6 Å². The van der Waals surface area contributed by atoms with Gasteiger partial charge in [0.25, 0.3) is 0 Å². The minimum absolute atomic E-state index is 0.183. The molecule has 4 aromatic rings. The molecule has 0 aromatic heterocycles. The molecule has 1 aliphatic rings. The van der Waals surface area contributed by atoms with E-state index in [1.165, 1.54) is 0 Å². The van der Waals surface area contributed by atoms with Crippen LogP contribution in [0, 0.1) is 0 Å². The van der Waals surface area contributed by atoms with E-state index in [2.05, 4.69) is 21.2 Å². The van der Waals surface area contributed by atoms with Crippen LogP contribution in [0.4, 0.5) is 17.1 Å². The van der Waals surface area contributed by atoms with Crippen LogP contribution in [0.5, 0.6) is 0 Å². The Balaban J connectivity index is 1.75. The first kappa shape index (κ1) is 17.6. The van der Waals surface area contributed by atoms with E-state index in [0.29, 0.717) is 38.1 Å². The van der Waals surface area contributed by atoms with Crippen LogP contribution in [-0.2, 0) is 0 Å². The van der Waals surface area contributed by atoms with Gasteiger partial charge in [-0.05, 0) is 33.4 Å². The number of nitrogen functional groups attached to an aromatic ring is 1. The lowest BCUT2D eigenvalue weighted by atomic mass is 9.83. The zero-order valence-electron chi connectivity index (χ0n) is 15.2. The van der Waals surface area contributed by atoms with Gasteiger partial charge in [0, 0.05) is 32.2 Å². The fourth-order valence-corrected chi connectivity index (χ4v) is 4.27. The lowest BCUT2D eigenvalue weighted by molar-refractivity contribution is 0.0979. The molecule has 140 valence electrons. The molecule has 0 heterocycles. The van der Waals surface area contributed by atoms with Gasteiger partial charge < -0.3 is 11.1 Å². The fourth-order valence-electron chi connectivity index (χ4n) is 3.84. The molecule has 0 aliphatic heterocycles. The van der Waals surface area contributed by atoms with Gasteiger partial charge in [0.1, 0.15) is 0 Å². The third-order valence-electron chi connectivity index (χ3n) is 5.25. The van der Waals surface area contributed by atoms with E-state index in [-0.39, 0.29) is 11.6 Å². The Kier molecular flexibility index (Phi) is 4.00. The molecule has 4 nitrogen and oxygen atoms in total. The van der Waals surface area contributed by atoms with E-state index >= 15 is 0 Å². The van der Waals surface area contributed by atoms with Crippen molar-refractivity contribution in [2.75, 3.05) is 11.1 Å². The summed E-state index contributed by atoms with van der Waals surface area (Å²) in [5, 5.41) is 5.40. The number of carbonyl (C=O) groups excluding carboxylic acids is 2. The molecule has 0 fully saturated rings. The number of nitrogens with one attached hydrogen (secondary N) is 1. The van der Waals surface area contributed by atoms with Crippen LogP contribution in [0.25, 0.3) is 10.8 Å². The smallest absolute Gasteiger partial charge is 0.196 e. The van der Waals surface area contributed by atoms with Crippen molar-refractivity contribution in [3.05, 3.63) is 99.5 Å². The molecule has 0 spiro atoms. The van der Waals surface area contributed by atoms with Crippen LogP contribution >= 0.6 is 15.9 Å². The van der Waals surface area contributed by atoms with Gasteiger partial charge in [0.2, 0.25) is 0 Å². The quantitative estimate of drug-likeness (QED) is 0.343. The lowest BCUT2D eigenvalue weighted by Crippen LogP contribution is -2.23. The second-order valence-corrected chi connectivity index (χ2v) is 7.78. The number of hydrogen-bond acceptors (Lipinski definition) is 4. The molecule has 5 heteroatoms. The topological polar surface area (TPSA) is 72.2 Å². The Labute approximate surface area is 175 Å². The van der Waals surface area contributed by atoms with Gasteiger partial charge in [0.15, 0.2) is 11.6 Å². The number of halogens is 1. The van der Waals surface area contributed by atoms with Crippen LogP contribution in [0.2, 0.25) is 0 Å². The Morgan fingerprint density at radius 3 is 2.21 bits per heavy atom. The van der Waals surface area contributed by atoms with Crippen LogP contribution < -0.4 is 11.1 Å². The zero-order valence-corrected chi connectivity index (χ0v) is 16.8. The van der Waals surface area contributed by atoms with E-state index < -0.39 is 0 Å². The number of rotatable bonds is 2. The van der Waals surface area contributed by atoms with Gasteiger partial charge in [-0.15, -0.1) is 0 Å². The summed E-state index contributed by atoms with van der Waals surface area (Å²) in [6.45, 7) is 0. The molecular formula is C24H15BrN2O2. The van der Waals surface area contributed by atoms with Crippen LogP contribution in [0.15, 0.2) is 77.3 Å². The summed E-state index contributed by atoms with van der Waals surface area (Å²) in [5.74, 6) is -0.394. The summed E-state index contributed by atoms with van der Waals surface area (Å²) in [5.41, 5.74) is 9.46. The molecule has 1 aliphatic carbocycles. The highest BCUT2D eigenvalue weighted by Crippen LogP contribution is 2.41. The molecule has 29 heavy (non-hydrogen) atoms. The van der Waals surface area contributed by atoms with Crippen LogP contribution in [0.1, 0.15) is 31.8 Å². The molecule has 3 N–H and O–H groups in total. The third-order valence-corrected chi connectivity index (χ3v) is 5.91. The maximum atomic E-state index is 13.3. The summed E-state index contributed by atoms with van der Waals surface area (Å²) >= 11 is 3.45. The Bertz CT molecular complexity index is 1340. The van der Waals surface area contributed by atoms with Crippen molar-refractivity contribution in [3.63, 3.8) is 0 Å². The number of anilines is 3. The van der Waals surface area contributed by atoms with E-state index in [1.807, 2.05) is 42.5 Å². The maximum absolute atomic E-state index is 13.3. The first-order valence-corrected chi connectivity index (χ1v) is 9.90. The SMILES string of the molecule is Nc1c(Br)cc2c(c1Nc1cccc3ccccc13)C(=O)c1ccccc1C2=O. The molecule has 0 atom stereocenters. The minimum atomic E-state index is -0.211. The standard InChI is InChI=1S/C24H15BrN2O2/c25-18-12-17-20(24(29)16-10-4-3-9-15(16)23(17)28)22(21(18)26)27-19-11-5-7-13-6-1-2-8-14(13)19/h1-12,27H,26H2. The number of benzene rings is 4. The van der Waals surface area contributed by atoms with Crippen molar-refractivity contribution in [1.82, 2.24) is 0 Å². The Hall–Kier alpha value is -3.44. The Morgan fingerprint density at radius 2 is 1.41 bits per heavy atom. The monoisotopic (exact) mass is 442 g/mol. The summed E-state index contributed by atoms with van der Waals surface area (Å²) in [4.78, 5) is 26.4. The van der Waals surface area contributed by atoms with Gasteiger partial charge in [-0.3, -0.25) is 9.59 Å². The number of hydrogen-bond donors (Lipinski definition) is 2. The predicted octanol–water partition coefficient (Wildman–Crippen LogP) is 5.70. The highest BCUT2D eigenvalue weighted by molar-refractivity contribution is 9.10. The van der Waals surface area contributed by atoms with Gasteiger partial charge >= 0.3 is 0 Å². The molecule has 0 radical (unpaired) electrons. The van der Waals surface area contributed by atoms with Crippen molar-refractivity contribution >= 4 is 55.3 Å². The number of ketones is 2. The molecule has 5 rings (SSSR count). The lowest BCUT2D eigenvalue weighted by Gasteiger charge is -2.23. The van der Waals surface area contributed by atoms with Gasteiger partial charge in [-0.1, -0.05) is 60.7 Å². The van der Waals surface area contributed by atoms with Crippen molar-refractivity contribution in [2.45, 2.75) is 0 Å². The van der Waals surface area contributed by atoms with E-state index in [9.17, 15) is 9.59 Å². The largest absolute Gasteiger partial charge is 0.396 e. The summed E-state index contributed by atoms with van der Waals surface area (Å²) < 4.78 is 0.569. The second-order valence-electron chi connectivity index (χ2n) is 6.93. The summed E-state index contributed by atoms with van der Waals surface area (Å²) in [7, 11) is 0. The highest BCUT2D eigenvalue weighted by atomic mass is 79.9. The van der Waals surface area contributed by atoms with E-state index in [0.717, 1.165) is 16.5 Å². The van der Waals surface area contributed by atoms with Crippen molar-refractivity contribution in [2.24, 2.45) is 0 Å².